The highest BCUT2D eigenvalue weighted by Crippen LogP contribution is 2.31. The van der Waals surface area contributed by atoms with Gasteiger partial charge in [0.15, 0.2) is 9.84 Å². The number of nitrogens with one attached hydrogen (secondary N) is 2. The Morgan fingerprint density at radius 3 is 2.43 bits per heavy atom. The number of hydrogen-bond acceptors (Lipinski definition) is 6. The van der Waals surface area contributed by atoms with Gasteiger partial charge in [0.1, 0.15) is 17.4 Å². The monoisotopic (exact) mass is 411 g/mol. The van der Waals surface area contributed by atoms with Gasteiger partial charge in [0.05, 0.1) is 17.4 Å². The molecule has 2 rings (SSSR count). The number of carbonyl (C=O) groups is 3. The van der Waals surface area contributed by atoms with Gasteiger partial charge in [-0.3, -0.25) is 9.59 Å². The SMILES string of the molecule is C[C@H]1[C@H](NC(=O)OC(C)(C)C)C(=O)Nc2ccccc2N1C(=O)CS(C)(=O)=O. The first-order valence-electron chi connectivity index (χ1n) is 8.68. The number of rotatable bonds is 3. The molecule has 0 aliphatic carbocycles. The standard InChI is InChI=1S/C18H25N3O6S/c1-11-15(20-17(24)27-18(2,3)4)16(23)19-12-8-6-7-9-13(12)21(11)14(22)10-28(5,25)26/h6-9,11,15H,10H2,1-5H3,(H,19,23)(H,20,24)/t11-,15-/m0/s1. The van der Waals surface area contributed by atoms with Crippen molar-refractivity contribution < 1.29 is 27.5 Å². The van der Waals surface area contributed by atoms with Gasteiger partial charge in [-0.05, 0) is 39.8 Å². The van der Waals surface area contributed by atoms with E-state index in [-0.39, 0.29) is 0 Å². The Morgan fingerprint density at radius 2 is 1.86 bits per heavy atom. The molecule has 1 aromatic rings. The van der Waals surface area contributed by atoms with E-state index in [0.29, 0.717) is 11.4 Å². The van der Waals surface area contributed by atoms with Gasteiger partial charge in [0.25, 0.3) is 0 Å². The molecule has 0 aromatic heterocycles. The predicted molar refractivity (Wildman–Crippen MR) is 105 cm³/mol. The molecule has 0 unspecified atom stereocenters. The van der Waals surface area contributed by atoms with Gasteiger partial charge in [-0.1, -0.05) is 12.1 Å². The normalized spacial score (nSPS) is 19.9. The molecular formula is C18H25N3O6S. The minimum Gasteiger partial charge on any atom is -0.444 e. The van der Waals surface area contributed by atoms with Crippen LogP contribution in [0.5, 0.6) is 0 Å². The molecule has 0 spiro atoms. The van der Waals surface area contributed by atoms with Crippen LogP contribution in [0.3, 0.4) is 0 Å². The van der Waals surface area contributed by atoms with E-state index in [0.717, 1.165) is 6.26 Å². The fourth-order valence-corrected chi connectivity index (χ4v) is 3.45. The first kappa shape index (κ1) is 21.7. The molecule has 154 valence electrons. The van der Waals surface area contributed by atoms with Gasteiger partial charge in [0.2, 0.25) is 11.8 Å². The molecule has 2 atom stereocenters. The molecule has 1 aliphatic heterocycles. The van der Waals surface area contributed by atoms with Crippen LogP contribution < -0.4 is 15.5 Å². The van der Waals surface area contributed by atoms with E-state index in [9.17, 15) is 22.8 Å². The van der Waals surface area contributed by atoms with E-state index in [1.807, 2.05) is 0 Å². The largest absolute Gasteiger partial charge is 0.444 e. The summed E-state index contributed by atoms with van der Waals surface area (Å²) in [6.07, 6.45) is 0.139. The second-order valence-electron chi connectivity index (χ2n) is 7.70. The second kappa shape index (κ2) is 7.78. The Kier molecular flexibility index (Phi) is 6.03. The molecular weight excluding hydrogens is 386 g/mol. The Hall–Kier alpha value is -2.62. The molecule has 9 nitrogen and oxygen atoms in total. The first-order chi connectivity index (χ1) is 12.8. The summed E-state index contributed by atoms with van der Waals surface area (Å²) in [7, 11) is -3.60. The van der Waals surface area contributed by atoms with Crippen LogP contribution in [0.25, 0.3) is 0 Å². The lowest BCUT2D eigenvalue weighted by atomic mass is 10.1. The van der Waals surface area contributed by atoms with Crippen LogP contribution in [0.4, 0.5) is 16.2 Å². The molecule has 1 heterocycles. The summed E-state index contributed by atoms with van der Waals surface area (Å²) in [5, 5.41) is 5.15. The van der Waals surface area contributed by atoms with Crippen LogP contribution in [0.15, 0.2) is 24.3 Å². The van der Waals surface area contributed by atoms with Crippen molar-refractivity contribution in [2.75, 3.05) is 22.2 Å². The summed E-state index contributed by atoms with van der Waals surface area (Å²) in [5.74, 6) is -1.96. The Bertz CT molecular complexity index is 891. The minimum absolute atomic E-state index is 0.342. The van der Waals surface area contributed by atoms with E-state index >= 15 is 0 Å². The zero-order chi connectivity index (χ0) is 21.3. The van der Waals surface area contributed by atoms with Crippen molar-refractivity contribution in [2.24, 2.45) is 0 Å². The van der Waals surface area contributed by atoms with Crippen LogP contribution in [-0.2, 0) is 24.2 Å². The van der Waals surface area contributed by atoms with E-state index in [2.05, 4.69) is 10.6 Å². The third kappa shape index (κ3) is 5.44. The summed E-state index contributed by atoms with van der Waals surface area (Å²) >= 11 is 0. The zero-order valence-corrected chi connectivity index (χ0v) is 17.3. The number of carbonyl (C=O) groups excluding carboxylic acids is 3. The Morgan fingerprint density at radius 1 is 1.25 bits per heavy atom. The number of sulfone groups is 1. The fraction of sp³-hybridized carbons (Fsp3) is 0.500. The number of fused-ring (bicyclic) bond motifs is 1. The highest BCUT2D eigenvalue weighted by Gasteiger charge is 2.39. The van der Waals surface area contributed by atoms with Gasteiger partial charge >= 0.3 is 6.09 Å². The summed E-state index contributed by atoms with van der Waals surface area (Å²) in [6, 6.07) is 4.53. The molecule has 2 N–H and O–H groups in total. The third-order valence-corrected chi connectivity index (χ3v) is 4.69. The molecule has 3 amide bonds. The van der Waals surface area contributed by atoms with Crippen LogP contribution >= 0.6 is 0 Å². The smallest absolute Gasteiger partial charge is 0.408 e. The van der Waals surface area contributed by atoms with Crippen molar-refractivity contribution in [1.29, 1.82) is 0 Å². The van der Waals surface area contributed by atoms with Crippen molar-refractivity contribution >= 4 is 39.1 Å². The predicted octanol–water partition coefficient (Wildman–Crippen LogP) is 1.30. The minimum atomic E-state index is -3.60. The number of alkyl carbamates (subject to hydrolysis) is 1. The maximum absolute atomic E-state index is 12.8. The fourth-order valence-electron chi connectivity index (χ4n) is 2.86. The highest BCUT2D eigenvalue weighted by molar-refractivity contribution is 7.91. The number of nitrogens with zero attached hydrogens (tertiary/aromatic N) is 1. The summed E-state index contributed by atoms with van der Waals surface area (Å²) in [4.78, 5) is 38.9. The number of amides is 3. The maximum Gasteiger partial charge on any atom is 0.408 e. The molecule has 1 aliphatic rings. The average molecular weight is 411 g/mol. The van der Waals surface area contributed by atoms with Crippen molar-refractivity contribution in [2.45, 2.75) is 45.4 Å². The molecule has 10 heteroatoms. The number of hydrogen-bond donors (Lipinski definition) is 2. The van der Waals surface area contributed by atoms with Gasteiger partial charge in [-0.2, -0.15) is 0 Å². The molecule has 0 saturated heterocycles. The number of benzene rings is 1. The van der Waals surface area contributed by atoms with E-state index < -0.39 is 51.2 Å². The lowest BCUT2D eigenvalue weighted by molar-refractivity contribution is -0.119. The lowest BCUT2D eigenvalue weighted by Crippen LogP contribution is -2.57. The summed E-state index contributed by atoms with van der Waals surface area (Å²) in [5.41, 5.74) is -0.0799. The summed E-state index contributed by atoms with van der Waals surface area (Å²) < 4.78 is 28.5. The van der Waals surface area contributed by atoms with Gasteiger partial charge < -0.3 is 20.3 Å². The van der Waals surface area contributed by atoms with E-state index in [1.165, 1.54) is 4.90 Å². The van der Waals surface area contributed by atoms with Crippen LogP contribution in [0.2, 0.25) is 0 Å². The second-order valence-corrected chi connectivity index (χ2v) is 9.84. The van der Waals surface area contributed by atoms with Gasteiger partial charge in [-0.25, -0.2) is 13.2 Å². The average Bonchev–Trinajstić information content (AvgIpc) is 2.59. The van der Waals surface area contributed by atoms with Crippen molar-refractivity contribution in [3.05, 3.63) is 24.3 Å². The maximum atomic E-state index is 12.8. The quantitative estimate of drug-likeness (QED) is 0.773. The van der Waals surface area contributed by atoms with E-state index in [1.54, 1.807) is 52.0 Å². The van der Waals surface area contributed by atoms with Crippen LogP contribution in [-0.4, -0.2) is 56.0 Å². The Balaban J connectivity index is 2.42. The van der Waals surface area contributed by atoms with E-state index in [4.69, 9.17) is 4.74 Å². The lowest BCUT2D eigenvalue weighted by Gasteiger charge is -2.32. The third-order valence-electron chi connectivity index (χ3n) is 3.92. The zero-order valence-electron chi connectivity index (χ0n) is 16.5. The van der Waals surface area contributed by atoms with Crippen molar-refractivity contribution in [3.8, 4) is 0 Å². The number of anilines is 2. The van der Waals surface area contributed by atoms with Gasteiger partial charge in [-0.15, -0.1) is 0 Å². The molecule has 0 fully saturated rings. The van der Waals surface area contributed by atoms with Crippen molar-refractivity contribution in [3.63, 3.8) is 0 Å². The Labute approximate surface area is 164 Å². The number of ether oxygens (including phenoxy) is 1. The van der Waals surface area contributed by atoms with Crippen molar-refractivity contribution in [1.82, 2.24) is 5.32 Å². The molecule has 0 radical (unpaired) electrons. The van der Waals surface area contributed by atoms with Crippen LogP contribution in [0, 0.1) is 0 Å². The van der Waals surface area contributed by atoms with Gasteiger partial charge in [0, 0.05) is 6.26 Å². The topological polar surface area (TPSA) is 122 Å². The molecule has 0 bridgehead atoms. The number of para-hydroxylation sites is 2. The molecule has 0 saturated carbocycles. The molecule has 28 heavy (non-hydrogen) atoms. The van der Waals surface area contributed by atoms with Crippen LogP contribution in [0.1, 0.15) is 27.7 Å². The highest BCUT2D eigenvalue weighted by atomic mass is 32.2. The first-order valence-corrected chi connectivity index (χ1v) is 10.7. The molecule has 1 aromatic carbocycles. The summed E-state index contributed by atoms with van der Waals surface area (Å²) in [6.45, 7) is 6.60.